The molecule has 2 N–H and O–H groups in total. The van der Waals surface area contributed by atoms with Gasteiger partial charge in [-0.15, -0.1) is 0 Å². The van der Waals surface area contributed by atoms with Gasteiger partial charge in [-0.25, -0.2) is 0 Å². The number of ether oxygens (including phenoxy) is 1. The van der Waals surface area contributed by atoms with Gasteiger partial charge in [0.1, 0.15) is 5.75 Å². The Labute approximate surface area is 184 Å². The van der Waals surface area contributed by atoms with Crippen molar-refractivity contribution in [3.8, 4) is 5.75 Å². The fourth-order valence-corrected chi connectivity index (χ4v) is 3.96. The van der Waals surface area contributed by atoms with Crippen molar-refractivity contribution in [2.24, 2.45) is 0 Å². The fraction of sp³-hybridized carbons (Fsp3) is 0.417. The van der Waals surface area contributed by atoms with E-state index in [0.717, 1.165) is 24.4 Å². The van der Waals surface area contributed by atoms with E-state index in [4.69, 9.17) is 10.5 Å². The van der Waals surface area contributed by atoms with Gasteiger partial charge in [0, 0.05) is 56.2 Å². The Bertz CT molecular complexity index is 910. The lowest BCUT2D eigenvalue weighted by Crippen LogP contribution is -2.36. The van der Waals surface area contributed by atoms with Crippen LogP contribution < -0.4 is 15.4 Å². The minimum absolute atomic E-state index is 0.0114. The van der Waals surface area contributed by atoms with Crippen LogP contribution in [-0.4, -0.2) is 68.0 Å². The molecule has 3 rings (SSSR count). The van der Waals surface area contributed by atoms with Crippen LogP contribution in [0.25, 0.3) is 0 Å². The van der Waals surface area contributed by atoms with Crippen molar-refractivity contribution in [2.45, 2.75) is 20.3 Å². The molecule has 31 heavy (non-hydrogen) atoms. The van der Waals surface area contributed by atoms with Crippen molar-refractivity contribution >= 4 is 23.2 Å². The number of carbonyl (C=O) groups is 2. The molecule has 1 saturated heterocycles. The number of carbonyl (C=O) groups excluding carboxylic acids is 2. The molecule has 0 saturated carbocycles. The predicted octanol–water partition coefficient (Wildman–Crippen LogP) is 3.11. The van der Waals surface area contributed by atoms with Crippen molar-refractivity contribution < 1.29 is 14.3 Å². The third kappa shape index (κ3) is 5.10. The number of nitrogens with two attached hydrogens (primary N) is 1. The number of methoxy groups -OCH3 is 1. The molecule has 2 aromatic rings. The molecule has 7 heteroatoms. The van der Waals surface area contributed by atoms with E-state index in [1.807, 2.05) is 30.9 Å². The molecule has 7 nitrogen and oxygen atoms in total. The summed E-state index contributed by atoms with van der Waals surface area (Å²) in [4.78, 5) is 31.9. The van der Waals surface area contributed by atoms with Crippen molar-refractivity contribution in [1.29, 1.82) is 0 Å². The molecule has 1 aliphatic heterocycles. The van der Waals surface area contributed by atoms with Crippen LogP contribution in [0.3, 0.4) is 0 Å². The van der Waals surface area contributed by atoms with E-state index in [0.29, 0.717) is 49.5 Å². The van der Waals surface area contributed by atoms with Crippen LogP contribution in [0.4, 0.5) is 11.4 Å². The van der Waals surface area contributed by atoms with E-state index in [9.17, 15) is 9.59 Å². The number of hydrogen-bond acceptors (Lipinski definition) is 5. The van der Waals surface area contributed by atoms with Crippen LogP contribution >= 0.6 is 0 Å². The van der Waals surface area contributed by atoms with E-state index in [1.165, 1.54) is 0 Å². The number of anilines is 2. The minimum Gasteiger partial charge on any atom is -0.497 e. The molecular formula is C24H32N4O3. The maximum absolute atomic E-state index is 13.1. The highest BCUT2D eigenvalue weighted by Crippen LogP contribution is 2.26. The van der Waals surface area contributed by atoms with Gasteiger partial charge in [-0.1, -0.05) is 0 Å². The van der Waals surface area contributed by atoms with Crippen LogP contribution in [0.1, 0.15) is 41.0 Å². The average molecular weight is 425 g/mol. The first-order chi connectivity index (χ1) is 15.0. The highest BCUT2D eigenvalue weighted by Gasteiger charge is 2.24. The second-order valence-electron chi connectivity index (χ2n) is 7.62. The zero-order chi connectivity index (χ0) is 22.4. The molecule has 2 amide bonds. The molecule has 1 fully saturated rings. The SMILES string of the molecule is CCN(CC)C(=O)c1cc(N)ccc1N1CCCN(C(=O)c2ccc(OC)cc2)CC1. The van der Waals surface area contributed by atoms with Gasteiger partial charge in [0.25, 0.3) is 11.8 Å². The summed E-state index contributed by atoms with van der Waals surface area (Å²) in [7, 11) is 1.61. The summed E-state index contributed by atoms with van der Waals surface area (Å²) < 4.78 is 5.18. The summed E-state index contributed by atoms with van der Waals surface area (Å²) in [5, 5.41) is 0. The third-order valence-corrected chi connectivity index (χ3v) is 5.76. The van der Waals surface area contributed by atoms with Crippen molar-refractivity contribution in [2.75, 3.05) is 57.0 Å². The summed E-state index contributed by atoms with van der Waals surface area (Å²) in [5.41, 5.74) is 8.73. The topological polar surface area (TPSA) is 79.1 Å². The Morgan fingerprint density at radius 1 is 1.00 bits per heavy atom. The Morgan fingerprint density at radius 3 is 2.35 bits per heavy atom. The molecule has 0 aromatic heterocycles. The van der Waals surface area contributed by atoms with Gasteiger partial charge in [0.2, 0.25) is 0 Å². The molecule has 1 aliphatic rings. The van der Waals surface area contributed by atoms with E-state index >= 15 is 0 Å². The fourth-order valence-electron chi connectivity index (χ4n) is 3.96. The number of benzene rings is 2. The number of amides is 2. The Kier molecular flexibility index (Phi) is 7.39. The molecular weight excluding hydrogens is 392 g/mol. The Morgan fingerprint density at radius 2 is 1.71 bits per heavy atom. The van der Waals surface area contributed by atoms with Crippen LogP contribution in [0.5, 0.6) is 5.75 Å². The summed E-state index contributed by atoms with van der Waals surface area (Å²) in [6.07, 6.45) is 0.825. The van der Waals surface area contributed by atoms with E-state index in [-0.39, 0.29) is 11.8 Å². The van der Waals surface area contributed by atoms with E-state index in [2.05, 4.69) is 4.90 Å². The largest absolute Gasteiger partial charge is 0.497 e. The second-order valence-corrected chi connectivity index (χ2v) is 7.62. The lowest BCUT2D eigenvalue weighted by atomic mass is 10.1. The number of rotatable bonds is 6. The first-order valence-corrected chi connectivity index (χ1v) is 10.9. The molecule has 1 heterocycles. The summed E-state index contributed by atoms with van der Waals surface area (Å²) in [6.45, 7) is 7.94. The monoisotopic (exact) mass is 424 g/mol. The van der Waals surface area contributed by atoms with Gasteiger partial charge in [0.05, 0.1) is 12.7 Å². The molecule has 0 aliphatic carbocycles. The molecule has 0 radical (unpaired) electrons. The molecule has 2 aromatic carbocycles. The molecule has 166 valence electrons. The normalized spacial score (nSPS) is 14.2. The van der Waals surface area contributed by atoms with Crippen LogP contribution in [0.2, 0.25) is 0 Å². The standard InChI is InChI=1S/C24H32N4O3/c1-4-26(5-2)24(30)21-17-19(25)9-12-22(21)27-13-6-14-28(16-15-27)23(29)18-7-10-20(31-3)11-8-18/h7-12,17H,4-6,13-16,25H2,1-3H3. The lowest BCUT2D eigenvalue weighted by molar-refractivity contribution is 0.0760. The van der Waals surface area contributed by atoms with Crippen molar-refractivity contribution in [3.05, 3.63) is 53.6 Å². The van der Waals surface area contributed by atoms with Crippen LogP contribution in [0.15, 0.2) is 42.5 Å². The molecule has 0 bridgehead atoms. The van der Waals surface area contributed by atoms with Gasteiger partial charge in [-0.05, 0) is 62.7 Å². The van der Waals surface area contributed by atoms with Gasteiger partial charge in [-0.3, -0.25) is 9.59 Å². The van der Waals surface area contributed by atoms with Gasteiger partial charge >= 0.3 is 0 Å². The highest BCUT2D eigenvalue weighted by atomic mass is 16.5. The zero-order valence-corrected chi connectivity index (χ0v) is 18.6. The second kappa shape index (κ2) is 10.2. The average Bonchev–Trinajstić information content (AvgIpc) is 3.05. The lowest BCUT2D eigenvalue weighted by Gasteiger charge is -2.28. The molecule has 0 unspecified atom stereocenters. The highest BCUT2D eigenvalue weighted by molar-refractivity contribution is 6.01. The number of hydrogen-bond donors (Lipinski definition) is 1. The number of nitrogen functional groups attached to an aromatic ring is 1. The summed E-state index contributed by atoms with van der Waals surface area (Å²) in [6, 6.07) is 12.7. The van der Waals surface area contributed by atoms with Crippen LogP contribution in [-0.2, 0) is 0 Å². The summed E-state index contributed by atoms with van der Waals surface area (Å²) in [5.74, 6) is 0.733. The zero-order valence-electron chi connectivity index (χ0n) is 18.6. The van der Waals surface area contributed by atoms with Crippen LogP contribution in [0, 0.1) is 0 Å². The first kappa shape index (κ1) is 22.5. The van der Waals surface area contributed by atoms with Gasteiger partial charge < -0.3 is 25.2 Å². The van der Waals surface area contributed by atoms with Gasteiger partial charge in [-0.2, -0.15) is 0 Å². The number of nitrogens with zero attached hydrogens (tertiary/aromatic N) is 3. The predicted molar refractivity (Wildman–Crippen MR) is 124 cm³/mol. The smallest absolute Gasteiger partial charge is 0.256 e. The maximum Gasteiger partial charge on any atom is 0.256 e. The summed E-state index contributed by atoms with van der Waals surface area (Å²) >= 11 is 0. The maximum atomic E-state index is 13.1. The Hall–Kier alpha value is -3.22. The quantitative estimate of drug-likeness (QED) is 0.721. The van der Waals surface area contributed by atoms with E-state index < -0.39 is 0 Å². The van der Waals surface area contributed by atoms with Gasteiger partial charge in [0.15, 0.2) is 0 Å². The molecule has 0 atom stereocenters. The Balaban J connectivity index is 1.77. The molecule has 0 spiro atoms. The van der Waals surface area contributed by atoms with E-state index in [1.54, 1.807) is 42.3 Å². The third-order valence-electron chi connectivity index (χ3n) is 5.76. The minimum atomic E-state index is -0.0114. The van der Waals surface area contributed by atoms with Crippen molar-refractivity contribution in [1.82, 2.24) is 9.80 Å². The first-order valence-electron chi connectivity index (χ1n) is 10.9. The van der Waals surface area contributed by atoms with Crippen molar-refractivity contribution in [3.63, 3.8) is 0 Å².